The Balaban J connectivity index is 2.23. The summed E-state index contributed by atoms with van der Waals surface area (Å²) in [6, 6.07) is 9.91. The van der Waals surface area contributed by atoms with Gasteiger partial charge in [0.05, 0.1) is 0 Å². The third-order valence-electron chi connectivity index (χ3n) is 2.61. The number of rotatable bonds is 3. The van der Waals surface area contributed by atoms with E-state index < -0.39 is 23.2 Å². The number of anilines is 1. The average Bonchev–Trinajstić information content (AvgIpc) is 2.43. The number of nitrogens with one attached hydrogen (secondary N) is 1. The monoisotopic (exact) mass is 259 g/mol. The highest BCUT2D eigenvalue weighted by Crippen LogP contribution is 2.19. The van der Waals surface area contributed by atoms with Crippen LogP contribution >= 0.6 is 0 Å². The molecule has 0 unspecified atom stereocenters. The third kappa shape index (κ3) is 2.85. The molecule has 0 aromatic heterocycles. The number of hydrogen-bond acceptors (Lipinski definition) is 1. The Morgan fingerprint density at radius 1 is 1.05 bits per heavy atom. The van der Waals surface area contributed by atoms with Gasteiger partial charge in [0.25, 0.3) is 5.91 Å². The SMILES string of the molecule is C=Cc1ccc(C(=O)Nc2c(F)cccc2F)cc1. The first-order valence-electron chi connectivity index (χ1n) is 5.59. The second-order valence-electron chi connectivity index (χ2n) is 3.88. The minimum absolute atomic E-state index is 0.313. The minimum atomic E-state index is -0.809. The highest BCUT2D eigenvalue weighted by molar-refractivity contribution is 6.04. The molecule has 0 saturated carbocycles. The lowest BCUT2D eigenvalue weighted by Crippen LogP contribution is -2.14. The van der Waals surface area contributed by atoms with E-state index in [1.54, 1.807) is 30.3 Å². The average molecular weight is 259 g/mol. The van der Waals surface area contributed by atoms with Crippen LogP contribution in [-0.2, 0) is 0 Å². The molecular weight excluding hydrogens is 248 g/mol. The summed E-state index contributed by atoms with van der Waals surface area (Å²) in [5.74, 6) is -2.19. The lowest BCUT2D eigenvalue weighted by molar-refractivity contribution is 0.102. The van der Waals surface area contributed by atoms with E-state index in [1.165, 1.54) is 6.07 Å². The van der Waals surface area contributed by atoms with Crippen LogP contribution in [0.15, 0.2) is 49.0 Å². The maximum absolute atomic E-state index is 13.4. The maximum Gasteiger partial charge on any atom is 0.255 e. The van der Waals surface area contributed by atoms with Gasteiger partial charge in [0, 0.05) is 5.56 Å². The zero-order valence-corrected chi connectivity index (χ0v) is 9.99. The number of halogens is 2. The lowest BCUT2D eigenvalue weighted by Gasteiger charge is -2.07. The van der Waals surface area contributed by atoms with Gasteiger partial charge in [0.2, 0.25) is 0 Å². The molecule has 4 heteroatoms. The van der Waals surface area contributed by atoms with Crippen LogP contribution in [0, 0.1) is 11.6 Å². The van der Waals surface area contributed by atoms with Gasteiger partial charge in [-0.05, 0) is 29.8 Å². The summed E-state index contributed by atoms with van der Waals surface area (Å²) in [6.07, 6.45) is 1.64. The molecule has 2 nitrogen and oxygen atoms in total. The fraction of sp³-hybridized carbons (Fsp3) is 0. The highest BCUT2D eigenvalue weighted by Gasteiger charge is 2.12. The Morgan fingerprint density at radius 3 is 2.16 bits per heavy atom. The summed E-state index contributed by atoms with van der Waals surface area (Å²) in [6.45, 7) is 3.60. The van der Waals surface area contributed by atoms with Crippen LogP contribution in [0.2, 0.25) is 0 Å². The van der Waals surface area contributed by atoms with Crippen molar-refractivity contribution in [1.29, 1.82) is 0 Å². The molecule has 1 amide bonds. The normalized spacial score (nSPS) is 10.0. The second-order valence-corrected chi connectivity index (χ2v) is 3.88. The summed E-state index contributed by atoms with van der Waals surface area (Å²) in [4.78, 5) is 11.8. The van der Waals surface area contributed by atoms with Crippen LogP contribution in [0.1, 0.15) is 15.9 Å². The number of carbonyl (C=O) groups is 1. The van der Waals surface area contributed by atoms with Crippen LogP contribution in [0.3, 0.4) is 0 Å². The fourth-order valence-corrected chi connectivity index (χ4v) is 1.57. The summed E-state index contributed by atoms with van der Waals surface area (Å²) in [7, 11) is 0. The summed E-state index contributed by atoms with van der Waals surface area (Å²) in [5, 5.41) is 2.22. The molecule has 2 rings (SSSR count). The Bertz CT molecular complexity index is 600. The van der Waals surface area contributed by atoms with Crippen molar-refractivity contribution < 1.29 is 13.6 Å². The van der Waals surface area contributed by atoms with E-state index in [4.69, 9.17) is 0 Å². The zero-order valence-electron chi connectivity index (χ0n) is 9.99. The van der Waals surface area contributed by atoms with Gasteiger partial charge < -0.3 is 5.32 Å². The van der Waals surface area contributed by atoms with Gasteiger partial charge in [-0.1, -0.05) is 30.9 Å². The molecule has 0 heterocycles. The highest BCUT2D eigenvalue weighted by atomic mass is 19.1. The first-order chi connectivity index (χ1) is 9.11. The molecule has 0 aliphatic rings. The molecule has 0 radical (unpaired) electrons. The van der Waals surface area contributed by atoms with Crippen molar-refractivity contribution in [3.63, 3.8) is 0 Å². The van der Waals surface area contributed by atoms with Gasteiger partial charge in [-0.3, -0.25) is 4.79 Å². The van der Waals surface area contributed by atoms with E-state index in [9.17, 15) is 13.6 Å². The van der Waals surface area contributed by atoms with Gasteiger partial charge in [-0.2, -0.15) is 0 Å². The molecule has 0 spiro atoms. The van der Waals surface area contributed by atoms with E-state index >= 15 is 0 Å². The molecule has 0 atom stereocenters. The molecule has 0 aliphatic carbocycles. The predicted molar refractivity (Wildman–Crippen MR) is 70.8 cm³/mol. The van der Waals surface area contributed by atoms with Crippen molar-refractivity contribution in [1.82, 2.24) is 0 Å². The quantitative estimate of drug-likeness (QED) is 0.891. The van der Waals surface area contributed by atoms with Gasteiger partial charge >= 0.3 is 0 Å². The number of para-hydroxylation sites is 1. The minimum Gasteiger partial charge on any atom is -0.317 e. The van der Waals surface area contributed by atoms with Crippen molar-refractivity contribution in [3.05, 3.63) is 71.8 Å². The van der Waals surface area contributed by atoms with Gasteiger partial charge in [0.1, 0.15) is 17.3 Å². The molecule has 0 saturated heterocycles. The number of hydrogen-bond donors (Lipinski definition) is 1. The maximum atomic E-state index is 13.4. The third-order valence-corrected chi connectivity index (χ3v) is 2.61. The van der Waals surface area contributed by atoms with E-state index in [1.807, 2.05) is 0 Å². The van der Waals surface area contributed by atoms with Crippen LogP contribution < -0.4 is 5.32 Å². The largest absolute Gasteiger partial charge is 0.317 e. The summed E-state index contributed by atoms with van der Waals surface area (Å²) >= 11 is 0. The van der Waals surface area contributed by atoms with E-state index in [0.717, 1.165) is 17.7 Å². The summed E-state index contributed by atoms with van der Waals surface area (Å²) < 4.78 is 26.8. The van der Waals surface area contributed by atoms with E-state index in [2.05, 4.69) is 11.9 Å². The molecular formula is C15H11F2NO. The van der Waals surface area contributed by atoms with Gasteiger partial charge in [-0.15, -0.1) is 0 Å². The van der Waals surface area contributed by atoms with Crippen LogP contribution in [0.25, 0.3) is 6.08 Å². The van der Waals surface area contributed by atoms with E-state index in [0.29, 0.717) is 5.56 Å². The Labute approximate surface area is 109 Å². The van der Waals surface area contributed by atoms with Gasteiger partial charge in [0.15, 0.2) is 0 Å². The molecule has 96 valence electrons. The van der Waals surface area contributed by atoms with E-state index in [-0.39, 0.29) is 0 Å². The standard InChI is InChI=1S/C15H11F2NO/c1-2-10-6-8-11(9-7-10)15(19)18-14-12(16)4-3-5-13(14)17/h2-9H,1H2,(H,18,19). The molecule has 0 fully saturated rings. The van der Waals surface area contributed by atoms with Crippen LogP contribution in [0.4, 0.5) is 14.5 Å². The van der Waals surface area contributed by atoms with Gasteiger partial charge in [-0.25, -0.2) is 8.78 Å². The lowest BCUT2D eigenvalue weighted by atomic mass is 10.1. The molecule has 1 N–H and O–H groups in total. The summed E-state index contributed by atoms with van der Waals surface area (Å²) in [5.41, 5.74) is 0.724. The Kier molecular flexibility index (Phi) is 3.71. The van der Waals surface area contributed by atoms with Crippen LogP contribution in [0.5, 0.6) is 0 Å². The smallest absolute Gasteiger partial charge is 0.255 e. The molecule has 19 heavy (non-hydrogen) atoms. The number of benzene rings is 2. The topological polar surface area (TPSA) is 29.1 Å². The van der Waals surface area contributed by atoms with Crippen molar-refractivity contribution in [2.75, 3.05) is 5.32 Å². The van der Waals surface area contributed by atoms with Crippen molar-refractivity contribution in [2.24, 2.45) is 0 Å². The molecule has 2 aromatic rings. The van der Waals surface area contributed by atoms with Crippen molar-refractivity contribution >= 4 is 17.7 Å². The fourth-order valence-electron chi connectivity index (χ4n) is 1.57. The first kappa shape index (κ1) is 13.0. The molecule has 0 aliphatic heterocycles. The Hall–Kier alpha value is -2.49. The molecule has 0 bridgehead atoms. The number of carbonyl (C=O) groups excluding carboxylic acids is 1. The molecule has 2 aromatic carbocycles. The first-order valence-corrected chi connectivity index (χ1v) is 5.59. The zero-order chi connectivity index (χ0) is 13.8. The Morgan fingerprint density at radius 2 is 1.63 bits per heavy atom. The number of amides is 1. The van der Waals surface area contributed by atoms with Crippen LogP contribution in [-0.4, -0.2) is 5.91 Å². The second kappa shape index (κ2) is 5.44. The predicted octanol–water partition coefficient (Wildman–Crippen LogP) is 3.86. The van der Waals surface area contributed by atoms with Crippen molar-refractivity contribution in [3.8, 4) is 0 Å². The van der Waals surface area contributed by atoms with Crippen molar-refractivity contribution in [2.45, 2.75) is 0 Å².